The van der Waals surface area contributed by atoms with Crippen LogP contribution in [0.2, 0.25) is 0 Å². The lowest BCUT2D eigenvalue weighted by atomic mass is 9.77. The van der Waals surface area contributed by atoms with Crippen LogP contribution in [0.4, 0.5) is 4.79 Å². The van der Waals surface area contributed by atoms with Crippen LogP contribution in [-0.4, -0.2) is 32.7 Å². The van der Waals surface area contributed by atoms with Gasteiger partial charge < -0.3 is 9.30 Å². The van der Waals surface area contributed by atoms with Crippen molar-refractivity contribution in [3.05, 3.63) is 186 Å². The molecule has 2 heterocycles. The predicted octanol–water partition coefficient (Wildman–Crippen LogP) is 9.18. The van der Waals surface area contributed by atoms with E-state index in [0.717, 1.165) is 39.9 Å². The normalized spacial score (nSPS) is 13.5. The first-order chi connectivity index (χ1) is 22.3. The highest BCUT2D eigenvalue weighted by atomic mass is 16.6. The highest BCUT2D eigenvalue weighted by Crippen LogP contribution is 2.41. The maximum Gasteiger partial charge on any atom is 0.414 e. The van der Waals surface area contributed by atoms with Crippen LogP contribution in [0, 0.1) is 0 Å². The number of nitrogens with zero attached hydrogens (tertiary/aromatic N) is 3. The molecule has 46 heavy (non-hydrogen) atoms. The Morgan fingerprint density at radius 3 is 1.91 bits per heavy atom. The van der Waals surface area contributed by atoms with Gasteiger partial charge >= 0.3 is 6.09 Å². The number of benzene rings is 4. The molecule has 1 amide bonds. The number of imidazole rings is 1. The molecule has 5 nitrogen and oxygen atoms in total. The Hall–Kier alpha value is -5.42. The van der Waals surface area contributed by atoms with Gasteiger partial charge in [-0.1, -0.05) is 133 Å². The quantitative estimate of drug-likeness (QED) is 0.166. The van der Waals surface area contributed by atoms with Gasteiger partial charge in [0.05, 0.1) is 12.0 Å². The lowest BCUT2D eigenvalue weighted by molar-refractivity contribution is 0.0350. The molecule has 0 saturated heterocycles. The van der Waals surface area contributed by atoms with Crippen LogP contribution in [-0.2, 0) is 16.7 Å². The number of ether oxygens (including phenoxy) is 1. The third kappa shape index (κ3) is 6.50. The fourth-order valence-electron chi connectivity index (χ4n) is 5.99. The Kier molecular flexibility index (Phi) is 8.84. The smallest absolute Gasteiger partial charge is 0.414 e. The van der Waals surface area contributed by atoms with E-state index in [1.807, 2.05) is 39.3 Å². The van der Waals surface area contributed by atoms with Crippen LogP contribution >= 0.6 is 0 Å². The van der Waals surface area contributed by atoms with Crippen LogP contribution in [0.1, 0.15) is 43.0 Å². The van der Waals surface area contributed by atoms with Crippen LogP contribution in [0.25, 0.3) is 11.3 Å². The number of aromatic nitrogens is 2. The monoisotopic (exact) mass is 605 g/mol. The van der Waals surface area contributed by atoms with Crippen LogP contribution in [0.5, 0.6) is 0 Å². The van der Waals surface area contributed by atoms with Crippen molar-refractivity contribution in [1.29, 1.82) is 0 Å². The van der Waals surface area contributed by atoms with E-state index in [9.17, 15) is 4.79 Å². The average Bonchev–Trinajstić information content (AvgIpc) is 3.57. The van der Waals surface area contributed by atoms with Gasteiger partial charge in [-0.05, 0) is 61.1 Å². The Balaban J connectivity index is 1.30. The highest BCUT2D eigenvalue weighted by molar-refractivity contribution is 5.70. The molecule has 5 heteroatoms. The molecule has 0 atom stereocenters. The van der Waals surface area contributed by atoms with Gasteiger partial charge in [0.2, 0.25) is 0 Å². The number of carbonyl (C=O) groups excluding carboxylic acids is 1. The number of hydrogen-bond acceptors (Lipinski definition) is 3. The molecule has 0 fully saturated rings. The van der Waals surface area contributed by atoms with Gasteiger partial charge in [-0.25, -0.2) is 9.78 Å². The topological polar surface area (TPSA) is 47.4 Å². The fraction of sp³-hybridized carbons (Fsp3) is 0.171. The van der Waals surface area contributed by atoms with E-state index >= 15 is 0 Å². The van der Waals surface area contributed by atoms with Gasteiger partial charge in [0, 0.05) is 24.5 Å². The molecule has 0 aliphatic carbocycles. The van der Waals surface area contributed by atoms with Crippen molar-refractivity contribution in [1.82, 2.24) is 14.5 Å². The molecule has 230 valence electrons. The summed E-state index contributed by atoms with van der Waals surface area (Å²) in [5.41, 5.74) is 6.59. The first-order valence-corrected chi connectivity index (χ1v) is 15.7. The molecule has 1 aromatic heterocycles. The van der Waals surface area contributed by atoms with E-state index in [-0.39, 0.29) is 6.09 Å². The van der Waals surface area contributed by atoms with Crippen molar-refractivity contribution in [3.63, 3.8) is 0 Å². The third-order valence-corrected chi connectivity index (χ3v) is 8.08. The lowest BCUT2D eigenvalue weighted by Gasteiger charge is -2.37. The summed E-state index contributed by atoms with van der Waals surface area (Å²) < 4.78 is 7.74. The number of amides is 1. The second kappa shape index (κ2) is 13.3. The summed E-state index contributed by atoms with van der Waals surface area (Å²) in [6.07, 6.45) is 14.6. The van der Waals surface area contributed by atoms with Crippen molar-refractivity contribution < 1.29 is 9.53 Å². The van der Waals surface area contributed by atoms with Crippen molar-refractivity contribution in [2.75, 3.05) is 6.54 Å². The van der Waals surface area contributed by atoms with Crippen LogP contribution < -0.4 is 0 Å². The SMILES string of the molecule is CC(C)(C)OC(=O)N1C=CC(/C=C/Cc2ccccc2-c2cn(C(c3ccccc3)(c3ccccc3)c3ccccc3)cn2)=CC1. The zero-order chi connectivity index (χ0) is 32.0. The van der Waals surface area contributed by atoms with E-state index in [0.29, 0.717) is 6.54 Å². The molecule has 4 aromatic carbocycles. The number of rotatable bonds is 8. The Bertz CT molecular complexity index is 1770. The summed E-state index contributed by atoms with van der Waals surface area (Å²) in [4.78, 5) is 19.0. The Morgan fingerprint density at radius 1 is 0.804 bits per heavy atom. The van der Waals surface area contributed by atoms with E-state index in [1.165, 1.54) is 5.56 Å². The Labute approximate surface area is 271 Å². The summed E-state index contributed by atoms with van der Waals surface area (Å²) in [5, 5.41) is 0. The van der Waals surface area contributed by atoms with Gasteiger partial charge in [-0.15, -0.1) is 0 Å². The number of hydrogen-bond donors (Lipinski definition) is 0. The van der Waals surface area contributed by atoms with E-state index < -0.39 is 11.1 Å². The van der Waals surface area contributed by atoms with Gasteiger partial charge in [-0.3, -0.25) is 4.90 Å². The van der Waals surface area contributed by atoms with Crippen molar-refractivity contribution in [2.45, 2.75) is 38.3 Å². The molecule has 0 radical (unpaired) electrons. The molecule has 0 spiro atoms. The van der Waals surface area contributed by atoms with Gasteiger partial charge in [0.25, 0.3) is 0 Å². The van der Waals surface area contributed by atoms with E-state index in [1.54, 1.807) is 11.1 Å². The molecule has 0 unspecified atom stereocenters. The molecular weight excluding hydrogens is 566 g/mol. The zero-order valence-electron chi connectivity index (χ0n) is 26.6. The summed E-state index contributed by atoms with van der Waals surface area (Å²) in [5.74, 6) is 0. The Morgan fingerprint density at radius 2 is 1.37 bits per heavy atom. The first kappa shape index (κ1) is 30.6. The summed E-state index contributed by atoms with van der Waals surface area (Å²) in [6.45, 7) is 6.09. The predicted molar refractivity (Wildman–Crippen MR) is 185 cm³/mol. The van der Waals surface area contributed by atoms with E-state index in [2.05, 4.69) is 138 Å². The van der Waals surface area contributed by atoms with E-state index in [4.69, 9.17) is 9.72 Å². The second-order valence-electron chi connectivity index (χ2n) is 12.4. The summed E-state index contributed by atoms with van der Waals surface area (Å²) >= 11 is 0. The molecule has 1 aliphatic rings. The fourth-order valence-corrected chi connectivity index (χ4v) is 5.99. The van der Waals surface area contributed by atoms with Crippen LogP contribution in [0.3, 0.4) is 0 Å². The first-order valence-electron chi connectivity index (χ1n) is 15.7. The molecule has 0 bridgehead atoms. The minimum absolute atomic E-state index is 0.341. The third-order valence-electron chi connectivity index (χ3n) is 8.08. The molecule has 0 N–H and O–H groups in total. The molecule has 1 aliphatic heterocycles. The number of carbonyl (C=O) groups is 1. The zero-order valence-corrected chi connectivity index (χ0v) is 26.6. The number of allylic oxidation sites excluding steroid dienone is 4. The van der Waals surface area contributed by atoms with Gasteiger partial charge in [0.1, 0.15) is 11.1 Å². The maximum absolute atomic E-state index is 12.4. The van der Waals surface area contributed by atoms with Crippen molar-refractivity contribution >= 4 is 6.09 Å². The molecular formula is C41H39N3O2. The maximum atomic E-state index is 12.4. The van der Waals surface area contributed by atoms with Crippen molar-refractivity contribution in [2.24, 2.45) is 0 Å². The average molecular weight is 606 g/mol. The van der Waals surface area contributed by atoms with Crippen LogP contribution in [0.15, 0.2) is 164 Å². The summed E-state index contributed by atoms with van der Waals surface area (Å²) in [6, 6.07) is 40.4. The van der Waals surface area contributed by atoms with Crippen molar-refractivity contribution in [3.8, 4) is 11.3 Å². The molecule has 6 rings (SSSR count). The lowest BCUT2D eigenvalue weighted by Crippen LogP contribution is -2.36. The van der Waals surface area contributed by atoms with Gasteiger partial charge in [0.15, 0.2) is 0 Å². The minimum Gasteiger partial charge on any atom is -0.443 e. The molecule has 0 saturated carbocycles. The van der Waals surface area contributed by atoms with Gasteiger partial charge in [-0.2, -0.15) is 0 Å². The largest absolute Gasteiger partial charge is 0.443 e. The standard InChI is InChI=1S/C41H39N3O2/c1-40(2,3)46-39(45)43-28-26-32(27-29-43)16-15-18-33-17-13-14-25-37(33)38-30-44(31-42-38)41(34-19-7-4-8-20-34,35-21-9-5-10-22-35)36-23-11-6-12-24-36/h4-17,19-28,30-31H,18,29H2,1-3H3/b16-15+. The molecule has 5 aromatic rings. The minimum atomic E-state index is -0.614. The second-order valence-corrected chi connectivity index (χ2v) is 12.4. The summed E-state index contributed by atoms with van der Waals surface area (Å²) in [7, 11) is 0. The highest BCUT2D eigenvalue weighted by Gasteiger charge is 2.38.